The van der Waals surface area contributed by atoms with E-state index in [0.29, 0.717) is 38.8 Å². The topological polar surface area (TPSA) is 116 Å². The summed E-state index contributed by atoms with van der Waals surface area (Å²) in [6, 6.07) is 28.4. The van der Waals surface area contributed by atoms with Crippen molar-refractivity contribution in [2.45, 2.75) is 30.3 Å². The minimum atomic E-state index is -1.52. The molecule has 1 saturated heterocycles. The highest BCUT2D eigenvalue weighted by Gasteiger charge is 2.69. The van der Waals surface area contributed by atoms with Crippen LogP contribution in [-0.2, 0) is 21.5 Å². The molecule has 11 heteroatoms. The zero-order valence-corrected chi connectivity index (χ0v) is 26.4. The van der Waals surface area contributed by atoms with E-state index < -0.39 is 46.5 Å². The Kier molecular flexibility index (Phi) is 6.81. The lowest BCUT2D eigenvalue weighted by Gasteiger charge is -2.49. The van der Waals surface area contributed by atoms with E-state index in [1.165, 1.54) is 27.4 Å². The second kappa shape index (κ2) is 11.0. The Morgan fingerprint density at radius 3 is 2.23 bits per heavy atom. The minimum Gasteiger partial charge on any atom is -0.508 e. The molecule has 4 aromatic carbocycles. The number of aromatic nitrogens is 3. The van der Waals surface area contributed by atoms with Gasteiger partial charge in [-0.15, -0.1) is 0 Å². The fourth-order valence-corrected chi connectivity index (χ4v) is 8.23. The third-order valence-electron chi connectivity index (χ3n) is 9.99. The SMILES string of the molecule is COc1ccc([C@H]2C3=CCn4c(=O)n(-c5ccccc5)c(=O)n4[C@@H]3C[C@H]3C(=O)N(c4cccc(Cl)c4)C(=O)[C@@]23c2ccccc2)c(O)c1. The lowest BCUT2D eigenvalue weighted by Crippen LogP contribution is -2.53. The molecular weight excluding hydrogens is 632 g/mol. The van der Waals surface area contributed by atoms with E-state index in [2.05, 4.69) is 0 Å². The zero-order valence-electron chi connectivity index (χ0n) is 25.7. The standard InChI is InChI=1S/C37H29ClN4O6/c1-48-26-15-16-28(31(43)20-26)32-27-17-18-39-35(46)41(24-12-6-3-7-13-24)36(47)42(39)30(27)21-29-33(44)40(25-14-8-11-23(38)19-25)34(45)37(29,32)22-9-4-2-5-10-22/h2-17,19-20,29-30,32,43H,18,21H2,1H3/t29-,30+,32+,37+/m0/s1. The fraction of sp³-hybridized carbons (Fsp3) is 0.189. The van der Waals surface area contributed by atoms with Crippen molar-refractivity contribution in [1.29, 1.82) is 0 Å². The number of halogens is 1. The van der Waals surface area contributed by atoms with Crippen molar-refractivity contribution in [1.82, 2.24) is 13.9 Å². The lowest BCUT2D eigenvalue weighted by molar-refractivity contribution is -0.124. The summed E-state index contributed by atoms with van der Waals surface area (Å²) in [5.41, 5.74) is -0.228. The van der Waals surface area contributed by atoms with Crippen LogP contribution in [0.1, 0.15) is 29.5 Å². The molecule has 48 heavy (non-hydrogen) atoms. The molecule has 0 radical (unpaired) electrons. The number of phenols is 1. The van der Waals surface area contributed by atoms with Crippen LogP contribution in [0.4, 0.5) is 5.69 Å². The van der Waals surface area contributed by atoms with E-state index in [4.69, 9.17) is 16.3 Å². The number of carbonyl (C=O) groups is 2. The molecule has 8 rings (SSSR count). The van der Waals surface area contributed by atoms with E-state index in [0.717, 1.165) is 4.57 Å². The van der Waals surface area contributed by atoms with Gasteiger partial charge in [0, 0.05) is 22.6 Å². The zero-order chi connectivity index (χ0) is 33.3. The van der Waals surface area contributed by atoms with Gasteiger partial charge < -0.3 is 9.84 Å². The number of para-hydroxylation sites is 1. The number of carbonyl (C=O) groups excluding carboxylic acids is 2. The second-order valence-corrected chi connectivity index (χ2v) is 12.7. The van der Waals surface area contributed by atoms with Crippen molar-refractivity contribution >= 4 is 29.1 Å². The molecule has 2 aliphatic heterocycles. The second-order valence-electron chi connectivity index (χ2n) is 12.2. The maximum Gasteiger partial charge on any atom is 0.352 e. The summed E-state index contributed by atoms with van der Waals surface area (Å²) in [6.07, 6.45) is 1.91. The first kappa shape index (κ1) is 29.8. The smallest absolute Gasteiger partial charge is 0.352 e. The van der Waals surface area contributed by atoms with Gasteiger partial charge in [-0.25, -0.2) is 28.4 Å². The fourth-order valence-electron chi connectivity index (χ4n) is 8.04. The first-order valence-corrected chi connectivity index (χ1v) is 15.9. The summed E-state index contributed by atoms with van der Waals surface area (Å²) in [6.45, 7) is 0.0445. The molecule has 3 heterocycles. The number of aromatic hydroxyl groups is 1. The lowest BCUT2D eigenvalue weighted by atomic mass is 9.53. The number of anilines is 1. The number of imide groups is 1. The van der Waals surface area contributed by atoms with Crippen molar-refractivity contribution in [3.8, 4) is 17.2 Å². The van der Waals surface area contributed by atoms with Crippen LogP contribution in [0.3, 0.4) is 0 Å². The minimum absolute atomic E-state index is 0.0445. The number of benzene rings is 4. The van der Waals surface area contributed by atoms with Gasteiger partial charge in [-0.05, 0) is 54.0 Å². The number of fused-ring (bicyclic) bond motifs is 4. The summed E-state index contributed by atoms with van der Waals surface area (Å²) in [5.74, 6) is -2.56. The predicted molar refractivity (Wildman–Crippen MR) is 179 cm³/mol. The molecule has 2 fully saturated rings. The third-order valence-corrected chi connectivity index (χ3v) is 10.2. The summed E-state index contributed by atoms with van der Waals surface area (Å²) in [7, 11) is 1.49. The molecule has 3 aliphatic rings. The Bertz CT molecular complexity index is 2270. The van der Waals surface area contributed by atoms with Gasteiger partial charge in [0.25, 0.3) is 0 Å². The highest BCUT2D eigenvalue weighted by atomic mass is 35.5. The molecule has 1 aromatic heterocycles. The van der Waals surface area contributed by atoms with Gasteiger partial charge in [0.2, 0.25) is 11.8 Å². The molecule has 1 aliphatic carbocycles. The number of phenolic OH excluding ortho intramolecular Hbond substituents is 1. The predicted octanol–water partition coefficient (Wildman–Crippen LogP) is 4.96. The van der Waals surface area contributed by atoms with E-state index in [1.54, 1.807) is 66.7 Å². The Hall–Kier alpha value is -5.61. The van der Waals surface area contributed by atoms with E-state index in [9.17, 15) is 19.5 Å². The van der Waals surface area contributed by atoms with Gasteiger partial charge in [0.05, 0.1) is 42.4 Å². The largest absolute Gasteiger partial charge is 0.508 e. The number of hydrogen-bond acceptors (Lipinski definition) is 6. The van der Waals surface area contributed by atoms with Crippen molar-refractivity contribution < 1.29 is 19.4 Å². The summed E-state index contributed by atoms with van der Waals surface area (Å²) >= 11 is 6.36. The van der Waals surface area contributed by atoms with Crippen LogP contribution < -0.4 is 21.0 Å². The molecule has 4 atom stereocenters. The van der Waals surface area contributed by atoms with Gasteiger partial charge in [0.15, 0.2) is 0 Å². The van der Waals surface area contributed by atoms with Gasteiger partial charge in [-0.2, -0.15) is 0 Å². The monoisotopic (exact) mass is 660 g/mol. The van der Waals surface area contributed by atoms with Crippen LogP contribution in [0.15, 0.2) is 124 Å². The molecule has 0 spiro atoms. The van der Waals surface area contributed by atoms with Gasteiger partial charge in [-0.1, -0.05) is 78.3 Å². The van der Waals surface area contributed by atoms with Crippen LogP contribution in [0.5, 0.6) is 11.5 Å². The summed E-state index contributed by atoms with van der Waals surface area (Å²) in [4.78, 5) is 59.2. The molecule has 1 saturated carbocycles. The third kappa shape index (κ3) is 4.05. The number of methoxy groups -OCH3 is 1. The van der Waals surface area contributed by atoms with Crippen LogP contribution >= 0.6 is 11.6 Å². The Morgan fingerprint density at radius 2 is 1.54 bits per heavy atom. The molecule has 1 N–H and O–H groups in total. The molecular formula is C37H29ClN4O6. The molecule has 0 unspecified atom stereocenters. The summed E-state index contributed by atoms with van der Waals surface area (Å²) < 4.78 is 9.29. The number of ether oxygens (including phenoxy) is 1. The number of allylic oxidation sites excluding steroid dienone is 2. The van der Waals surface area contributed by atoms with Crippen molar-refractivity contribution in [3.63, 3.8) is 0 Å². The molecule has 0 bridgehead atoms. The first-order chi connectivity index (χ1) is 23.3. The van der Waals surface area contributed by atoms with E-state index in [1.807, 2.05) is 36.4 Å². The van der Waals surface area contributed by atoms with Gasteiger partial charge in [-0.3, -0.25) is 9.59 Å². The van der Waals surface area contributed by atoms with Crippen LogP contribution in [0.2, 0.25) is 5.02 Å². The maximum atomic E-state index is 15.2. The van der Waals surface area contributed by atoms with Crippen molar-refractivity contribution in [2.24, 2.45) is 5.92 Å². The Balaban J connectivity index is 1.42. The number of amides is 2. The highest BCUT2D eigenvalue weighted by molar-refractivity contribution is 6.32. The molecule has 2 amide bonds. The molecule has 5 aromatic rings. The van der Waals surface area contributed by atoms with Gasteiger partial charge >= 0.3 is 11.4 Å². The van der Waals surface area contributed by atoms with Crippen molar-refractivity contribution in [2.75, 3.05) is 12.0 Å². The quantitative estimate of drug-likeness (QED) is 0.210. The molecule has 240 valence electrons. The van der Waals surface area contributed by atoms with Crippen LogP contribution in [0, 0.1) is 5.92 Å². The average molecular weight is 661 g/mol. The van der Waals surface area contributed by atoms with E-state index in [-0.39, 0.29) is 18.7 Å². The number of nitrogens with zero attached hydrogens (tertiary/aromatic N) is 4. The van der Waals surface area contributed by atoms with Crippen LogP contribution in [0.25, 0.3) is 5.69 Å². The van der Waals surface area contributed by atoms with Crippen molar-refractivity contribution in [3.05, 3.63) is 152 Å². The molecule has 10 nitrogen and oxygen atoms in total. The average Bonchev–Trinajstić information content (AvgIpc) is 3.49. The van der Waals surface area contributed by atoms with Gasteiger partial charge in [0.1, 0.15) is 11.5 Å². The maximum absolute atomic E-state index is 15.2. The Morgan fingerprint density at radius 1 is 0.833 bits per heavy atom. The normalized spacial score (nSPS) is 22.9. The summed E-state index contributed by atoms with van der Waals surface area (Å²) in [5, 5.41) is 12.0. The van der Waals surface area contributed by atoms with E-state index >= 15 is 4.79 Å². The van der Waals surface area contributed by atoms with Crippen LogP contribution in [-0.4, -0.2) is 38.0 Å². The number of rotatable bonds is 5. The highest BCUT2D eigenvalue weighted by Crippen LogP contribution is 2.63. The first-order valence-electron chi connectivity index (χ1n) is 15.5. The Labute approximate surface area is 279 Å². The number of hydrogen-bond donors (Lipinski definition) is 1.